The van der Waals surface area contributed by atoms with Crippen LogP contribution in [0.25, 0.3) is 11.5 Å². The second kappa shape index (κ2) is 7.02. The molecule has 3 heterocycles. The van der Waals surface area contributed by atoms with E-state index in [1.165, 1.54) is 0 Å². The molecular weight excluding hydrogens is 306 g/mol. The third kappa shape index (κ3) is 3.58. The predicted octanol–water partition coefficient (Wildman–Crippen LogP) is 1.13. The second-order valence-corrected chi connectivity index (χ2v) is 6.27. The molecule has 1 fully saturated rings. The lowest BCUT2D eigenvalue weighted by molar-refractivity contribution is -0.142. The van der Waals surface area contributed by atoms with Crippen molar-refractivity contribution in [2.45, 2.75) is 25.0 Å². The number of likely N-dealkylation sites (N-methyl/N-ethyl adjacent to an activating group) is 1. The van der Waals surface area contributed by atoms with Crippen LogP contribution in [0.4, 0.5) is 0 Å². The zero-order valence-corrected chi connectivity index (χ0v) is 13.8. The minimum Gasteiger partial charge on any atom is -0.480 e. The minimum atomic E-state index is -0.773. The molecule has 1 aliphatic heterocycles. The Bertz CT molecular complexity index is 690. The van der Waals surface area contributed by atoms with E-state index in [0.717, 1.165) is 17.8 Å². The molecule has 0 radical (unpaired) electrons. The first-order chi connectivity index (χ1) is 11.5. The summed E-state index contributed by atoms with van der Waals surface area (Å²) < 4.78 is 0. The monoisotopic (exact) mass is 327 g/mol. The summed E-state index contributed by atoms with van der Waals surface area (Å²) in [5.74, 6) is -0.202. The zero-order chi connectivity index (χ0) is 17.1. The molecule has 2 aromatic heterocycles. The van der Waals surface area contributed by atoms with E-state index in [2.05, 4.69) is 19.9 Å². The van der Waals surface area contributed by atoms with Crippen molar-refractivity contribution >= 4 is 5.97 Å². The van der Waals surface area contributed by atoms with E-state index in [1.807, 2.05) is 37.2 Å². The van der Waals surface area contributed by atoms with Gasteiger partial charge < -0.3 is 10.0 Å². The van der Waals surface area contributed by atoms with Gasteiger partial charge in [0.1, 0.15) is 11.7 Å². The summed E-state index contributed by atoms with van der Waals surface area (Å²) in [6, 6.07) is 5.38. The van der Waals surface area contributed by atoms with Gasteiger partial charge >= 0.3 is 5.97 Å². The topological polar surface area (TPSA) is 82.5 Å². The first-order valence-electron chi connectivity index (χ1n) is 7.90. The van der Waals surface area contributed by atoms with Gasteiger partial charge in [-0.2, -0.15) is 0 Å². The fourth-order valence-corrected chi connectivity index (χ4v) is 2.98. The van der Waals surface area contributed by atoms with Crippen LogP contribution in [0.2, 0.25) is 0 Å². The molecule has 1 saturated heterocycles. The number of hydrogen-bond donors (Lipinski definition) is 1. The number of aromatic nitrogens is 3. The molecular formula is C17H21N5O2. The van der Waals surface area contributed by atoms with Crippen molar-refractivity contribution in [3.05, 3.63) is 42.4 Å². The van der Waals surface area contributed by atoms with Crippen LogP contribution in [-0.4, -0.2) is 68.6 Å². The number of rotatable bonds is 5. The van der Waals surface area contributed by atoms with Crippen LogP contribution in [-0.2, 0) is 11.3 Å². The van der Waals surface area contributed by atoms with E-state index in [9.17, 15) is 9.90 Å². The Morgan fingerprint density at radius 3 is 2.62 bits per heavy atom. The number of carbonyl (C=O) groups is 1. The van der Waals surface area contributed by atoms with Crippen molar-refractivity contribution in [1.82, 2.24) is 24.8 Å². The molecule has 126 valence electrons. The molecule has 1 aliphatic rings. The van der Waals surface area contributed by atoms with Crippen molar-refractivity contribution in [2.75, 3.05) is 20.6 Å². The SMILES string of the molecule is CN(C)[C@@H]1C[C@@H](C(=O)O)N(Cc2cnc(-c3ccccn3)nc2)C1. The van der Waals surface area contributed by atoms with Gasteiger partial charge in [-0.25, -0.2) is 9.97 Å². The highest BCUT2D eigenvalue weighted by atomic mass is 16.4. The molecule has 7 nitrogen and oxygen atoms in total. The normalized spacial score (nSPS) is 21.3. The summed E-state index contributed by atoms with van der Waals surface area (Å²) in [6.07, 6.45) is 5.84. The van der Waals surface area contributed by atoms with Crippen LogP contribution in [0, 0.1) is 0 Å². The summed E-state index contributed by atoms with van der Waals surface area (Å²) in [5.41, 5.74) is 1.63. The van der Waals surface area contributed by atoms with Crippen molar-refractivity contribution in [3.63, 3.8) is 0 Å². The van der Waals surface area contributed by atoms with Crippen LogP contribution in [0.15, 0.2) is 36.8 Å². The minimum absolute atomic E-state index is 0.250. The molecule has 0 amide bonds. The van der Waals surface area contributed by atoms with Crippen LogP contribution in [0.1, 0.15) is 12.0 Å². The second-order valence-electron chi connectivity index (χ2n) is 6.27. The highest BCUT2D eigenvalue weighted by Crippen LogP contribution is 2.23. The Kier molecular flexibility index (Phi) is 4.82. The molecule has 0 bridgehead atoms. The predicted molar refractivity (Wildman–Crippen MR) is 89.2 cm³/mol. The quantitative estimate of drug-likeness (QED) is 0.881. The summed E-state index contributed by atoms with van der Waals surface area (Å²) >= 11 is 0. The van der Waals surface area contributed by atoms with Crippen LogP contribution in [0.3, 0.4) is 0 Å². The Morgan fingerprint density at radius 2 is 2.04 bits per heavy atom. The van der Waals surface area contributed by atoms with Crippen molar-refractivity contribution in [2.24, 2.45) is 0 Å². The largest absolute Gasteiger partial charge is 0.480 e. The maximum Gasteiger partial charge on any atom is 0.320 e. The van der Waals surface area contributed by atoms with Gasteiger partial charge in [0, 0.05) is 43.3 Å². The Hall–Kier alpha value is -2.38. The van der Waals surface area contributed by atoms with E-state index >= 15 is 0 Å². The standard InChI is InChI=1S/C17H21N5O2/c1-21(2)13-7-15(17(23)24)22(11-13)10-12-8-19-16(20-9-12)14-5-3-4-6-18-14/h3-6,8-9,13,15H,7,10-11H2,1-2H3,(H,23,24)/t13-,15+/m1/s1. The molecule has 7 heteroatoms. The Labute approximate surface area is 141 Å². The molecule has 0 unspecified atom stereocenters. The molecule has 0 aliphatic carbocycles. The highest BCUT2D eigenvalue weighted by Gasteiger charge is 2.37. The smallest absolute Gasteiger partial charge is 0.320 e. The van der Waals surface area contributed by atoms with Crippen molar-refractivity contribution in [1.29, 1.82) is 0 Å². The van der Waals surface area contributed by atoms with E-state index in [-0.39, 0.29) is 6.04 Å². The van der Waals surface area contributed by atoms with Gasteiger partial charge in [-0.1, -0.05) is 6.07 Å². The third-order valence-corrected chi connectivity index (χ3v) is 4.38. The number of hydrogen-bond acceptors (Lipinski definition) is 6. The number of pyridine rings is 1. The van der Waals surface area contributed by atoms with Crippen LogP contribution in [0.5, 0.6) is 0 Å². The van der Waals surface area contributed by atoms with Gasteiger partial charge in [0.15, 0.2) is 5.82 Å². The number of nitrogens with zero attached hydrogens (tertiary/aromatic N) is 5. The molecule has 0 saturated carbocycles. The van der Waals surface area contributed by atoms with Gasteiger partial charge in [-0.15, -0.1) is 0 Å². The third-order valence-electron chi connectivity index (χ3n) is 4.38. The Balaban J connectivity index is 1.72. The molecule has 3 rings (SSSR count). The fourth-order valence-electron chi connectivity index (χ4n) is 2.98. The summed E-state index contributed by atoms with van der Waals surface area (Å²) in [7, 11) is 3.97. The maximum atomic E-state index is 11.5. The molecule has 2 atom stereocenters. The van der Waals surface area contributed by atoms with E-state index in [4.69, 9.17) is 0 Å². The summed E-state index contributed by atoms with van der Waals surface area (Å²) in [4.78, 5) is 28.5. The summed E-state index contributed by atoms with van der Waals surface area (Å²) in [5, 5.41) is 9.45. The molecule has 1 N–H and O–H groups in total. The lowest BCUT2D eigenvalue weighted by atomic mass is 10.1. The van der Waals surface area contributed by atoms with Crippen molar-refractivity contribution in [3.8, 4) is 11.5 Å². The van der Waals surface area contributed by atoms with E-state index in [0.29, 0.717) is 18.8 Å². The van der Waals surface area contributed by atoms with Gasteiger partial charge in [0.2, 0.25) is 0 Å². The van der Waals surface area contributed by atoms with Crippen molar-refractivity contribution < 1.29 is 9.90 Å². The Morgan fingerprint density at radius 1 is 1.29 bits per heavy atom. The van der Waals surface area contributed by atoms with Gasteiger partial charge in [-0.3, -0.25) is 14.7 Å². The summed E-state index contributed by atoms with van der Waals surface area (Å²) in [6.45, 7) is 1.26. The van der Waals surface area contributed by atoms with Gasteiger partial charge in [0.25, 0.3) is 0 Å². The van der Waals surface area contributed by atoms with E-state index in [1.54, 1.807) is 18.6 Å². The average molecular weight is 327 g/mol. The first kappa shape index (κ1) is 16.5. The lowest BCUT2D eigenvalue weighted by Gasteiger charge is -2.21. The number of carboxylic acid groups (broad SMARTS) is 1. The zero-order valence-electron chi connectivity index (χ0n) is 13.8. The van der Waals surface area contributed by atoms with Crippen LogP contribution >= 0.6 is 0 Å². The van der Waals surface area contributed by atoms with Gasteiger partial charge in [0.05, 0.1) is 0 Å². The average Bonchev–Trinajstić information content (AvgIpc) is 3.01. The maximum absolute atomic E-state index is 11.5. The molecule has 2 aromatic rings. The molecule has 0 spiro atoms. The van der Waals surface area contributed by atoms with Crippen LogP contribution < -0.4 is 0 Å². The lowest BCUT2D eigenvalue weighted by Crippen LogP contribution is -2.35. The number of likely N-dealkylation sites (tertiary alicyclic amines) is 1. The van der Waals surface area contributed by atoms with E-state index < -0.39 is 12.0 Å². The highest BCUT2D eigenvalue weighted by molar-refractivity contribution is 5.74. The van der Waals surface area contributed by atoms with Gasteiger partial charge in [-0.05, 0) is 32.6 Å². The molecule has 0 aromatic carbocycles. The first-order valence-corrected chi connectivity index (χ1v) is 7.90. The molecule has 24 heavy (non-hydrogen) atoms. The fraction of sp³-hybridized carbons (Fsp3) is 0.412. The number of carboxylic acids is 1. The number of aliphatic carboxylic acids is 1.